The molecule has 3 aromatic rings. The molecule has 0 aromatic heterocycles. The quantitative estimate of drug-likeness (QED) is 0.460. The van der Waals surface area contributed by atoms with Crippen LogP contribution < -0.4 is 0 Å². The molecule has 0 heteroatoms. The van der Waals surface area contributed by atoms with Gasteiger partial charge in [-0.15, -0.1) is 0 Å². The summed E-state index contributed by atoms with van der Waals surface area (Å²) in [5.74, 6) is 0. The highest BCUT2D eigenvalue weighted by atomic mass is 14.5. The zero-order valence-corrected chi connectivity index (χ0v) is 16.6. The summed E-state index contributed by atoms with van der Waals surface area (Å²) in [5, 5.41) is 0. The molecule has 0 bridgehead atoms. The van der Waals surface area contributed by atoms with E-state index in [0.717, 1.165) is 0 Å². The molecular formula is C27H28. The Kier molecular flexibility index (Phi) is 5.76. The first-order valence-corrected chi connectivity index (χ1v) is 9.76. The number of hydrogen-bond donors (Lipinski definition) is 0. The lowest BCUT2D eigenvalue weighted by Gasteiger charge is -2.34. The molecule has 0 nitrogen and oxygen atoms in total. The van der Waals surface area contributed by atoms with Gasteiger partial charge in [-0.05, 0) is 40.3 Å². The number of hydrogen-bond acceptors (Lipinski definition) is 0. The monoisotopic (exact) mass is 352 g/mol. The van der Waals surface area contributed by atoms with Crippen molar-refractivity contribution >= 4 is 5.57 Å². The standard InChI is InChI=1S/C24H20.C3H8/c1-3-22-18(2)21-16-10-11-17-23(21)24(22,19-12-6-4-7-13-19)20-14-8-5-9-15-20;1-3-2/h3-17H,1H2,2H3;3H2,1-2H3. The van der Waals surface area contributed by atoms with Crippen LogP contribution in [-0.2, 0) is 5.41 Å². The van der Waals surface area contributed by atoms with E-state index in [1.165, 1.54) is 39.8 Å². The third-order valence-corrected chi connectivity index (χ3v) is 5.16. The highest BCUT2D eigenvalue weighted by molar-refractivity contribution is 5.86. The predicted molar refractivity (Wildman–Crippen MR) is 118 cm³/mol. The van der Waals surface area contributed by atoms with Gasteiger partial charge in [-0.1, -0.05) is 118 Å². The number of fused-ring (bicyclic) bond motifs is 1. The highest BCUT2D eigenvalue weighted by Gasteiger charge is 2.45. The van der Waals surface area contributed by atoms with Crippen molar-refractivity contribution in [2.75, 3.05) is 0 Å². The molecule has 0 spiro atoms. The number of benzene rings is 3. The minimum Gasteiger partial charge on any atom is -0.0987 e. The third-order valence-electron chi connectivity index (χ3n) is 5.16. The van der Waals surface area contributed by atoms with E-state index in [-0.39, 0.29) is 5.41 Å². The summed E-state index contributed by atoms with van der Waals surface area (Å²) in [7, 11) is 0. The van der Waals surface area contributed by atoms with Crippen LogP contribution in [0.4, 0.5) is 0 Å². The lowest BCUT2D eigenvalue weighted by atomic mass is 9.67. The van der Waals surface area contributed by atoms with Gasteiger partial charge >= 0.3 is 0 Å². The number of rotatable bonds is 3. The molecule has 1 aliphatic rings. The van der Waals surface area contributed by atoms with E-state index in [0.29, 0.717) is 0 Å². The maximum Gasteiger partial charge on any atom is 0.0710 e. The minimum atomic E-state index is -0.287. The maximum absolute atomic E-state index is 4.16. The fourth-order valence-corrected chi connectivity index (χ4v) is 4.18. The van der Waals surface area contributed by atoms with E-state index < -0.39 is 0 Å². The fraction of sp³-hybridized carbons (Fsp3) is 0.185. The van der Waals surface area contributed by atoms with Crippen LogP contribution in [0.2, 0.25) is 0 Å². The largest absolute Gasteiger partial charge is 0.0987 e. The topological polar surface area (TPSA) is 0 Å². The molecule has 0 aliphatic heterocycles. The van der Waals surface area contributed by atoms with E-state index in [2.05, 4.69) is 112 Å². The van der Waals surface area contributed by atoms with Crippen LogP contribution in [0.5, 0.6) is 0 Å². The molecule has 136 valence electrons. The van der Waals surface area contributed by atoms with Gasteiger partial charge in [-0.25, -0.2) is 0 Å². The van der Waals surface area contributed by atoms with Crippen LogP contribution in [0.25, 0.3) is 5.57 Å². The molecule has 0 atom stereocenters. The lowest BCUT2D eigenvalue weighted by Crippen LogP contribution is -2.29. The summed E-state index contributed by atoms with van der Waals surface area (Å²) in [6.45, 7) is 10.6. The van der Waals surface area contributed by atoms with Crippen molar-refractivity contribution in [1.29, 1.82) is 0 Å². The molecule has 0 N–H and O–H groups in total. The van der Waals surface area contributed by atoms with Crippen LogP contribution in [0.15, 0.2) is 103 Å². The summed E-state index contributed by atoms with van der Waals surface area (Å²) >= 11 is 0. The SMILES string of the molecule is C=CC1=C(C)c2ccccc2C1(c1ccccc1)c1ccccc1.CCC. The second-order valence-electron chi connectivity index (χ2n) is 6.98. The van der Waals surface area contributed by atoms with Gasteiger partial charge in [0.25, 0.3) is 0 Å². The summed E-state index contributed by atoms with van der Waals surface area (Å²) in [4.78, 5) is 0. The van der Waals surface area contributed by atoms with Crippen LogP contribution in [-0.4, -0.2) is 0 Å². The molecule has 0 radical (unpaired) electrons. The van der Waals surface area contributed by atoms with Gasteiger partial charge in [0.15, 0.2) is 0 Å². The molecule has 0 unspecified atom stereocenters. The normalized spacial score (nSPS) is 14.2. The summed E-state index contributed by atoms with van der Waals surface area (Å²) in [6.07, 6.45) is 3.29. The predicted octanol–water partition coefficient (Wildman–Crippen LogP) is 7.41. The van der Waals surface area contributed by atoms with Crippen molar-refractivity contribution in [3.05, 3.63) is 125 Å². The van der Waals surface area contributed by atoms with Crippen LogP contribution >= 0.6 is 0 Å². The third kappa shape index (κ3) is 3.06. The lowest BCUT2D eigenvalue weighted by molar-refractivity contribution is 0.761. The Balaban J connectivity index is 0.000000659. The number of allylic oxidation sites excluding steroid dienone is 3. The van der Waals surface area contributed by atoms with Gasteiger partial charge < -0.3 is 0 Å². The molecule has 0 saturated heterocycles. The van der Waals surface area contributed by atoms with E-state index >= 15 is 0 Å². The summed E-state index contributed by atoms with van der Waals surface area (Å²) in [6, 6.07) is 30.3. The summed E-state index contributed by atoms with van der Waals surface area (Å²) < 4.78 is 0. The molecule has 3 aromatic carbocycles. The molecule has 1 aliphatic carbocycles. The Hall–Kier alpha value is -2.86. The summed E-state index contributed by atoms with van der Waals surface area (Å²) in [5.41, 5.74) is 7.54. The zero-order chi connectivity index (χ0) is 19.3. The maximum atomic E-state index is 4.16. The van der Waals surface area contributed by atoms with E-state index in [9.17, 15) is 0 Å². The van der Waals surface area contributed by atoms with Crippen molar-refractivity contribution in [3.8, 4) is 0 Å². The average molecular weight is 353 g/mol. The molecule has 27 heavy (non-hydrogen) atoms. The second kappa shape index (κ2) is 8.22. The Morgan fingerprint density at radius 3 is 1.67 bits per heavy atom. The minimum absolute atomic E-state index is 0.287. The molecule has 0 fully saturated rings. The first kappa shape index (κ1) is 18.9. The molecular weight excluding hydrogens is 324 g/mol. The van der Waals surface area contributed by atoms with E-state index in [1.54, 1.807) is 0 Å². The first-order chi connectivity index (χ1) is 13.2. The van der Waals surface area contributed by atoms with Crippen molar-refractivity contribution in [1.82, 2.24) is 0 Å². The van der Waals surface area contributed by atoms with Gasteiger partial charge in [0.2, 0.25) is 0 Å². The molecule has 0 heterocycles. The average Bonchev–Trinajstić information content (AvgIpc) is 2.99. The van der Waals surface area contributed by atoms with Gasteiger partial charge in [-0.3, -0.25) is 0 Å². The molecule has 0 amide bonds. The Labute approximate surface area is 163 Å². The second-order valence-corrected chi connectivity index (χ2v) is 6.98. The zero-order valence-electron chi connectivity index (χ0n) is 16.6. The van der Waals surface area contributed by atoms with Crippen LogP contribution in [0.1, 0.15) is 49.4 Å². The molecule has 0 saturated carbocycles. The van der Waals surface area contributed by atoms with Crippen molar-refractivity contribution in [2.45, 2.75) is 32.6 Å². The Morgan fingerprint density at radius 1 is 0.741 bits per heavy atom. The molecule has 4 rings (SSSR count). The highest BCUT2D eigenvalue weighted by Crippen LogP contribution is 2.54. The fourth-order valence-electron chi connectivity index (χ4n) is 4.18. The smallest absolute Gasteiger partial charge is 0.0710 e. The van der Waals surface area contributed by atoms with Gasteiger partial charge in [0.1, 0.15) is 0 Å². The van der Waals surface area contributed by atoms with Crippen LogP contribution in [0, 0.1) is 0 Å². The van der Waals surface area contributed by atoms with Crippen molar-refractivity contribution < 1.29 is 0 Å². The first-order valence-electron chi connectivity index (χ1n) is 9.76. The van der Waals surface area contributed by atoms with Gasteiger partial charge in [0.05, 0.1) is 5.41 Å². The van der Waals surface area contributed by atoms with Crippen LogP contribution in [0.3, 0.4) is 0 Å². The van der Waals surface area contributed by atoms with Crippen molar-refractivity contribution in [3.63, 3.8) is 0 Å². The van der Waals surface area contributed by atoms with E-state index in [4.69, 9.17) is 0 Å². The van der Waals surface area contributed by atoms with Crippen molar-refractivity contribution in [2.24, 2.45) is 0 Å². The van der Waals surface area contributed by atoms with Gasteiger partial charge in [0, 0.05) is 0 Å². The Bertz CT molecular complexity index is 891. The Morgan fingerprint density at radius 2 is 1.19 bits per heavy atom. The van der Waals surface area contributed by atoms with Gasteiger partial charge in [-0.2, -0.15) is 0 Å². The van der Waals surface area contributed by atoms with E-state index in [1.807, 2.05) is 6.08 Å².